The lowest BCUT2D eigenvalue weighted by molar-refractivity contribution is 0.376. The summed E-state index contributed by atoms with van der Waals surface area (Å²) < 4.78 is 6.77. The second-order valence-electron chi connectivity index (χ2n) is 5.08. The van der Waals surface area contributed by atoms with E-state index in [0.717, 1.165) is 11.4 Å². The molecule has 0 bridgehead atoms. The zero-order valence-corrected chi connectivity index (χ0v) is 13.4. The Hall–Kier alpha value is -2.15. The van der Waals surface area contributed by atoms with Crippen LogP contribution in [0.25, 0.3) is 5.65 Å². The molecule has 6 nitrogen and oxygen atoms in total. The number of fused-ring (bicyclic) bond motifs is 1. The summed E-state index contributed by atoms with van der Waals surface area (Å²) in [6.07, 6.45) is 0. The van der Waals surface area contributed by atoms with Crippen molar-refractivity contribution in [1.82, 2.24) is 19.5 Å². The van der Waals surface area contributed by atoms with Gasteiger partial charge in [-0.05, 0) is 32.9 Å². The smallest absolute Gasteiger partial charge is 0.258 e. The molecule has 0 spiro atoms. The molecule has 0 unspecified atom stereocenters. The number of pyridine rings is 1. The fraction of sp³-hybridized carbons (Fsp3) is 0.333. The van der Waals surface area contributed by atoms with Gasteiger partial charge in [0.05, 0.1) is 10.9 Å². The van der Waals surface area contributed by atoms with E-state index >= 15 is 0 Å². The standard InChI is InChI=1S/C15H16N4O2S/c1-9-5-4-6-13-17-12(7-14(20)19(9)13)8-22-10(2)15-16-11(3)18-21-15/h4-7,10H,8H2,1-3H3/t10-/m0/s1. The number of hydrogen-bond donors (Lipinski definition) is 0. The Morgan fingerprint density at radius 3 is 2.86 bits per heavy atom. The molecule has 0 saturated heterocycles. The fourth-order valence-corrected chi connectivity index (χ4v) is 3.00. The maximum Gasteiger partial charge on any atom is 0.258 e. The Morgan fingerprint density at radius 1 is 1.32 bits per heavy atom. The third-order valence-electron chi connectivity index (χ3n) is 3.31. The van der Waals surface area contributed by atoms with Gasteiger partial charge < -0.3 is 4.52 Å². The highest BCUT2D eigenvalue weighted by Gasteiger charge is 2.14. The zero-order valence-electron chi connectivity index (χ0n) is 12.6. The van der Waals surface area contributed by atoms with Crippen LogP contribution in [0.2, 0.25) is 0 Å². The minimum absolute atomic E-state index is 0.0546. The lowest BCUT2D eigenvalue weighted by Crippen LogP contribution is -2.17. The molecule has 0 radical (unpaired) electrons. The molecule has 22 heavy (non-hydrogen) atoms. The summed E-state index contributed by atoms with van der Waals surface area (Å²) in [5, 5.41) is 3.84. The molecule has 7 heteroatoms. The number of nitrogens with zero attached hydrogens (tertiary/aromatic N) is 4. The van der Waals surface area contributed by atoms with Crippen LogP contribution in [0.3, 0.4) is 0 Å². The van der Waals surface area contributed by atoms with Crippen LogP contribution in [-0.2, 0) is 5.75 Å². The van der Waals surface area contributed by atoms with Crippen molar-refractivity contribution in [2.24, 2.45) is 0 Å². The molecule has 0 aliphatic heterocycles. The van der Waals surface area contributed by atoms with E-state index in [0.29, 0.717) is 23.1 Å². The van der Waals surface area contributed by atoms with E-state index in [1.54, 1.807) is 29.2 Å². The maximum atomic E-state index is 12.2. The monoisotopic (exact) mass is 316 g/mol. The molecule has 0 aromatic carbocycles. The van der Waals surface area contributed by atoms with E-state index in [4.69, 9.17) is 4.52 Å². The van der Waals surface area contributed by atoms with Gasteiger partial charge in [-0.15, -0.1) is 11.8 Å². The van der Waals surface area contributed by atoms with Crippen molar-refractivity contribution < 1.29 is 4.52 Å². The minimum atomic E-state index is -0.0556. The molecule has 3 aromatic heterocycles. The molecule has 0 amide bonds. The van der Waals surface area contributed by atoms with E-state index in [1.807, 2.05) is 32.0 Å². The molecular formula is C15H16N4O2S. The summed E-state index contributed by atoms with van der Waals surface area (Å²) in [6.45, 7) is 5.68. The second kappa shape index (κ2) is 5.92. The third kappa shape index (κ3) is 2.89. The third-order valence-corrected chi connectivity index (χ3v) is 4.47. The number of aryl methyl sites for hydroxylation is 2. The van der Waals surface area contributed by atoms with Crippen LogP contribution in [0, 0.1) is 13.8 Å². The highest BCUT2D eigenvalue weighted by Crippen LogP contribution is 2.29. The Morgan fingerprint density at radius 2 is 2.14 bits per heavy atom. The van der Waals surface area contributed by atoms with Crippen molar-refractivity contribution in [3.63, 3.8) is 0 Å². The number of hydrogen-bond acceptors (Lipinski definition) is 6. The van der Waals surface area contributed by atoms with Gasteiger partial charge >= 0.3 is 0 Å². The van der Waals surface area contributed by atoms with Gasteiger partial charge in [-0.25, -0.2) is 4.98 Å². The van der Waals surface area contributed by atoms with Gasteiger partial charge in [-0.3, -0.25) is 9.20 Å². The largest absolute Gasteiger partial charge is 0.338 e. The van der Waals surface area contributed by atoms with Crippen molar-refractivity contribution in [3.8, 4) is 0 Å². The summed E-state index contributed by atoms with van der Waals surface area (Å²) >= 11 is 1.61. The highest BCUT2D eigenvalue weighted by molar-refractivity contribution is 7.98. The van der Waals surface area contributed by atoms with Gasteiger partial charge in [-0.1, -0.05) is 11.2 Å². The molecule has 0 aliphatic carbocycles. The lowest BCUT2D eigenvalue weighted by atomic mass is 10.3. The molecule has 1 atom stereocenters. The molecule has 0 fully saturated rings. The lowest BCUT2D eigenvalue weighted by Gasteiger charge is -2.08. The molecule has 3 rings (SSSR count). The van der Waals surface area contributed by atoms with Crippen LogP contribution in [0.4, 0.5) is 0 Å². The highest BCUT2D eigenvalue weighted by atomic mass is 32.2. The second-order valence-corrected chi connectivity index (χ2v) is 6.41. The van der Waals surface area contributed by atoms with Gasteiger partial charge in [0.1, 0.15) is 5.65 Å². The van der Waals surface area contributed by atoms with Gasteiger partial charge in [0.2, 0.25) is 5.89 Å². The Balaban J connectivity index is 1.81. The van der Waals surface area contributed by atoms with Crippen LogP contribution >= 0.6 is 11.8 Å². The summed E-state index contributed by atoms with van der Waals surface area (Å²) in [4.78, 5) is 21.0. The summed E-state index contributed by atoms with van der Waals surface area (Å²) in [5.74, 6) is 1.83. The van der Waals surface area contributed by atoms with Crippen LogP contribution in [-0.4, -0.2) is 19.5 Å². The van der Waals surface area contributed by atoms with Gasteiger partial charge in [-0.2, -0.15) is 4.98 Å². The zero-order chi connectivity index (χ0) is 15.7. The van der Waals surface area contributed by atoms with Crippen LogP contribution in [0.1, 0.15) is 35.3 Å². The predicted molar refractivity (Wildman–Crippen MR) is 84.9 cm³/mol. The first kappa shape index (κ1) is 14.8. The summed E-state index contributed by atoms with van der Waals surface area (Å²) in [6, 6.07) is 7.22. The topological polar surface area (TPSA) is 73.3 Å². The normalized spacial score (nSPS) is 12.7. The Kier molecular flexibility index (Phi) is 3.98. The molecule has 3 heterocycles. The van der Waals surface area contributed by atoms with Crippen molar-refractivity contribution in [2.45, 2.75) is 31.8 Å². The van der Waals surface area contributed by atoms with Crippen molar-refractivity contribution in [1.29, 1.82) is 0 Å². The van der Waals surface area contributed by atoms with Crippen molar-refractivity contribution in [2.75, 3.05) is 0 Å². The van der Waals surface area contributed by atoms with Gasteiger partial charge in [0.15, 0.2) is 5.82 Å². The Labute approximate surface area is 131 Å². The number of rotatable bonds is 4. The van der Waals surface area contributed by atoms with E-state index in [-0.39, 0.29) is 10.8 Å². The van der Waals surface area contributed by atoms with Crippen molar-refractivity contribution in [3.05, 3.63) is 57.7 Å². The fourth-order valence-electron chi connectivity index (χ4n) is 2.20. The molecule has 0 aliphatic rings. The summed E-state index contributed by atoms with van der Waals surface area (Å²) in [5.41, 5.74) is 2.25. The van der Waals surface area contributed by atoms with E-state index in [2.05, 4.69) is 15.1 Å². The predicted octanol–water partition coefficient (Wildman–Crippen LogP) is 2.69. The molecular weight excluding hydrogens is 300 g/mol. The maximum absolute atomic E-state index is 12.2. The quantitative estimate of drug-likeness (QED) is 0.737. The van der Waals surface area contributed by atoms with Gasteiger partial charge in [0, 0.05) is 17.5 Å². The first-order valence-electron chi connectivity index (χ1n) is 6.95. The van der Waals surface area contributed by atoms with Crippen molar-refractivity contribution >= 4 is 17.4 Å². The SMILES string of the molecule is Cc1noc([C@H](C)SCc2cc(=O)n3c(C)cccc3n2)n1. The Bertz CT molecular complexity index is 871. The molecule has 3 aromatic rings. The molecule has 0 N–H and O–H groups in total. The van der Waals surface area contributed by atoms with E-state index in [1.165, 1.54) is 0 Å². The molecule has 0 saturated carbocycles. The number of aromatic nitrogens is 4. The average Bonchev–Trinajstić information content (AvgIpc) is 2.91. The average molecular weight is 316 g/mol. The summed E-state index contributed by atoms with van der Waals surface area (Å²) in [7, 11) is 0. The number of thioether (sulfide) groups is 1. The van der Waals surface area contributed by atoms with E-state index < -0.39 is 0 Å². The van der Waals surface area contributed by atoms with Gasteiger partial charge in [0.25, 0.3) is 5.56 Å². The van der Waals surface area contributed by atoms with Crippen LogP contribution in [0.15, 0.2) is 33.6 Å². The first-order valence-corrected chi connectivity index (χ1v) is 7.99. The first-order chi connectivity index (χ1) is 10.5. The minimum Gasteiger partial charge on any atom is -0.338 e. The van der Waals surface area contributed by atoms with Crippen LogP contribution in [0.5, 0.6) is 0 Å². The van der Waals surface area contributed by atoms with Crippen LogP contribution < -0.4 is 5.56 Å². The molecule has 114 valence electrons. The van der Waals surface area contributed by atoms with E-state index in [9.17, 15) is 4.79 Å².